The summed E-state index contributed by atoms with van der Waals surface area (Å²) in [6.07, 6.45) is 23.4. The summed E-state index contributed by atoms with van der Waals surface area (Å²) in [7, 11) is 0. The molecule has 2 unspecified atom stereocenters. The first kappa shape index (κ1) is 24.2. The van der Waals surface area contributed by atoms with Gasteiger partial charge >= 0.3 is 0 Å². The van der Waals surface area contributed by atoms with Gasteiger partial charge in [-0.25, -0.2) is 4.98 Å². The Balaban J connectivity index is 2.45. The van der Waals surface area contributed by atoms with Crippen molar-refractivity contribution in [2.24, 2.45) is 5.92 Å². The first-order valence-electron chi connectivity index (χ1n) is 12.1. The number of nitrogens with zero attached hydrogens (tertiary/aromatic N) is 2. The number of aromatic nitrogens is 2. The Kier molecular flexibility index (Phi) is 13.6. The van der Waals surface area contributed by atoms with Crippen molar-refractivity contribution >= 4 is 0 Å². The van der Waals surface area contributed by atoms with Gasteiger partial charge in [-0.3, -0.25) is 0 Å². The van der Waals surface area contributed by atoms with Crippen LogP contribution < -0.4 is 0 Å². The van der Waals surface area contributed by atoms with E-state index in [9.17, 15) is 0 Å². The molecule has 1 heterocycles. The molecule has 0 saturated heterocycles. The second-order valence-electron chi connectivity index (χ2n) is 9.01. The van der Waals surface area contributed by atoms with Crippen LogP contribution in [0.4, 0.5) is 0 Å². The normalized spacial score (nSPS) is 14.0. The maximum atomic E-state index is 4.82. The second-order valence-corrected chi connectivity index (χ2v) is 9.01. The van der Waals surface area contributed by atoms with Crippen LogP contribution in [0.3, 0.4) is 0 Å². The minimum atomic E-state index is 0.583. The van der Waals surface area contributed by atoms with Crippen molar-refractivity contribution in [2.45, 2.75) is 136 Å². The van der Waals surface area contributed by atoms with Gasteiger partial charge in [0.25, 0.3) is 0 Å². The molecule has 0 N–H and O–H groups in total. The fourth-order valence-electron chi connectivity index (χ4n) is 4.25. The summed E-state index contributed by atoms with van der Waals surface area (Å²) < 4.78 is 2.49. The number of hydrogen-bond donors (Lipinski definition) is 0. The van der Waals surface area contributed by atoms with Crippen LogP contribution in [0.5, 0.6) is 0 Å². The second kappa shape index (κ2) is 15.2. The maximum absolute atomic E-state index is 4.82. The molecule has 0 aromatic carbocycles. The molecule has 2 nitrogen and oxygen atoms in total. The van der Waals surface area contributed by atoms with Crippen molar-refractivity contribution in [3.63, 3.8) is 0 Å². The van der Waals surface area contributed by atoms with Crippen molar-refractivity contribution in [3.8, 4) is 0 Å². The molecule has 0 radical (unpaired) electrons. The number of unbranched alkanes of at least 4 members (excludes halogenated alkanes) is 10. The lowest BCUT2D eigenvalue weighted by atomic mass is 9.89. The molecule has 2 atom stereocenters. The highest BCUT2D eigenvalue weighted by molar-refractivity contribution is 5.03. The van der Waals surface area contributed by atoms with Crippen LogP contribution in [-0.4, -0.2) is 9.55 Å². The fourth-order valence-corrected chi connectivity index (χ4v) is 4.25. The van der Waals surface area contributed by atoms with Crippen LogP contribution >= 0.6 is 0 Å². The zero-order valence-electron chi connectivity index (χ0n) is 19.2. The van der Waals surface area contributed by atoms with Crippen molar-refractivity contribution in [2.75, 3.05) is 0 Å². The topological polar surface area (TPSA) is 17.8 Å². The summed E-state index contributed by atoms with van der Waals surface area (Å²) >= 11 is 0. The predicted molar refractivity (Wildman–Crippen MR) is 121 cm³/mol. The zero-order valence-corrected chi connectivity index (χ0v) is 19.2. The smallest absolute Gasteiger partial charge is 0.112 e. The van der Waals surface area contributed by atoms with E-state index in [1.807, 2.05) is 6.20 Å². The standard InChI is InChI=1S/C25H48N2/c1-6-8-10-12-13-14-15-17-19-24(22(3)4)25-26-20-21-27(25)23(5)18-16-11-9-7-2/h20-24H,6-19H2,1-5H3. The maximum Gasteiger partial charge on any atom is 0.112 e. The van der Waals surface area contributed by atoms with Gasteiger partial charge in [-0.2, -0.15) is 0 Å². The van der Waals surface area contributed by atoms with Crippen LogP contribution in [0.1, 0.15) is 142 Å². The molecule has 1 aromatic rings. The third-order valence-electron chi connectivity index (χ3n) is 6.15. The highest BCUT2D eigenvalue weighted by Gasteiger charge is 2.22. The molecule has 27 heavy (non-hydrogen) atoms. The SMILES string of the molecule is CCCCCCCCCCC(c1nccn1C(C)CCCCCC)C(C)C. The Morgan fingerprint density at radius 1 is 0.741 bits per heavy atom. The van der Waals surface area contributed by atoms with E-state index >= 15 is 0 Å². The lowest BCUT2D eigenvalue weighted by Gasteiger charge is -2.25. The van der Waals surface area contributed by atoms with Gasteiger partial charge in [0, 0.05) is 24.4 Å². The minimum absolute atomic E-state index is 0.583. The molecule has 0 spiro atoms. The van der Waals surface area contributed by atoms with Crippen molar-refractivity contribution in [3.05, 3.63) is 18.2 Å². The molecule has 2 heteroatoms. The van der Waals surface area contributed by atoms with Crippen molar-refractivity contribution in [1.29, 1.82) is 0 Å². The van der Waals surface area contributed by atoms with Crippen LogP contribution in [-0.2, 0) is 0 Å². The number of imidazole rings is 1. The van der Waals surface area contributed by atoms with Crippen molar-refractivity contribution < 1.29 is 0 Å². The average Bonchev–Trinajstić information content (AvgIpc) is 3.13. The zero-order chi connectivity index (χ0) is 19.9. The van der Waals surface area contributed by atoms with Gasteiger partial charge in [-0.05, 0) is 25.7 Å². The summed E-state index contributed by atoms with van der Waals surface area (Å²) in [6, 6.07) is 0.583. The van der Waals surface area contributed by atoms with Gasteiger partial charge in [0.15, 0.2) is 0 Å². The van der Waals surface area contributed by atoms with Gasteiger partial charge < -0.3 is 4.57 Å². The van der Waals surface area contributed by atoms with E-state index in [4.69, 9.17) is 4.98 Å². The molecule has 0 bridgehead atoms. The van der Waals surface area contributed by atoms with E-state index in [0.29, 0.717) is 17.9 Å². The van der Waals surface area contributed by atoms with E-state index in [-0.39, 0.29) is 0 Å². The van der Waals surface area contributed by atoms with Crippen LogP contribution in [0, 0.1) is 5.92 Å². The van der Waals surface area contributed by atoms with Crippen molar-refractivity contribution in [1.82, 2.24) is 9.55 Å². The minimum Gasteiger partial charge on any atom is -0.332 e. The highest BCUT2D eigenvalue weighted by atomic mass is 15.1. The molecule has 0 saturated carbocycles. The summed E-state index contributed by atoms with van der Waals surface area (Å²) in [5, 5.41) is 0. The van der Waals surface area contributed by atoms with Gasteiger partial charge in [-0.1, -0.05) is 105 Å². The van der Waals surface area contributed by atoms with Gasteiger partial charge in [-0.15, -0.1) is 0 Å². The molecule has 0 aliphatic rings. The lowest BCUT2D eigenvalue weighted by molar-refractivity contribution is 0.383. The number of hydrogen-bond acceptors (Lipinski definition) is 1. The van der Waals surface area contributed by atoms with Crippen LogP contribution in [0.25, 0.3) is 0 Å². The summed E-state index contributed by atoms with van der Waals surface area (Å²) in [5.74, 6) is 2.62. The van der Waals surface area contributed by atoms with Gasteiger partial charge in [0.2, 0.25) is 0 Å². The molecule has 0 aliphatic heterocycles. The Hall–Kier alpha value is -0.790. The first-order valence-corrected chi connectivity index (χ1v) is 12.1. The van der Waals surface area contributed by atoms with E-state index in [1.54, 1.807) is 0 Å². The Labute approximate surface area is 170 Å². The molecule has 0 fully saturated rings. The quantitative estimate of drug-likeness (QED) is 0.249. The molecule has 1 rings (SSSR count). The van der Waals surface area contributed by atoms with Gasteiger partial charge in [0.1, 0.15) is 5.82 Å². The van der Waals surface area contributed by atoms with E-state index in [1.165, 1.54) is 95.7 Å². The molecule has 158 valence electrons. The average molecular weight is 377 g/mol. The number of rotatable bonds is 17. The third-order valence-corrected chi connectivity index (χ3v) is 6.15. The van der Waals surface area contributed by atoms with E-state index < -0.39 is 0 Å². The largest absolute Gasteiger partial charge is 0.332 e. The van der Waals surface area contributed by atoms with Gasteiger partial charge in [0.05, 0.1) is 0 Å². The molecule has 0 amide bonds. The lowest BCUT2D eigenvalue weighted by Crippen LogP contribution is -2.16. The molecule has 1 aromatic heterocycles. The monoisotopic (exact) mass is 376 g/mol. The first-order chi connectivity index (χ1) is 13.1. The summed E-state index contributed by atoms with van der Waals surface area (Å²) in [4.78, 5) is 4.82. The third kappa shape index (κ3) is 9.81. The van der Waals surface area contributed by atoms with E-state index in [0.717, 1.165) is 0 Å². The molecular weight excluding hydrogens is 328 g/mol. The fraction of sp³-hybridized carbons (Fsp3) is 0.880. The molecular formula is C25H48N2. The summed E-state index contributed by atoms with van der Waals surface area (Å²) in [5.41, 5.74) is 0. The van der Waals surface area contributed by atoms with E-state index in [2.05, 4.69) is 45.4 Å². The highest BCUT2D eigenvalue weighted by Crippen LogP contribution is 2.31. The van der Waals surface area contributed by atoms with Crippen LogP contribution in [0.2, 0.25) is 0 Å². The summed E-state index contributed by atoms with van der Waals surface area (Å²) in [6.45, 7) is 11.7. The predicted octanol–water partition coefficient (Wildman–Crippen LogP) is 8.68. The molecule has 0 aliphatic carbocycles. The Morgan fingerprint density at radius 3 is 1.85 bits per heavy atom. The Morgan fingerprint density at radius 2 is 1.26 bits per heavy atom. The van der Waals surface area contributed by atoms with Crippen LogP contribution in [0.15, 0.2) is 12.4 Å². The Bertz CT molecular complexity index is 449.